The summed E-state index contributed by atoms with van der Waals surface area (Å²) in [7, 11) is 0. The van der Waals surface area contributed by atoms with E-state index in [0.29, 0.717) is 37.5 Å². The van der Waals surface area contributed by atoms with Crippen molar-refractivity contribution in [3.8, 4) is 0 Å². The van der Waals surface area contributed by atoms with Gasteiger partial charge in [0.05, 0.1) is 17.2 Å². The SMILES string of the molecule is CCC(=O)NC1CCc2cc(C(=O)C=C(c3cccc(C(F)(F)F)c3)C(F)(F)F)ccc21. The number of rotatable bonds is 5. The molecule has 170 valence electrons. The molecule has 0 fully saturated rings. The molecule has 0 bridgehead atoms. The number of allylic oxidation sites excluding steroid dienone is 2. The van der Waals surface area contributed by atoms with Gasteiger partial charge in [-0.15, -0.1) is 0 Å². The van der Waals surface area contributed by atoms with Crippen LogP contribution in [0.25, 0.3) is 5.57 Å². The molecule has 1 aliphatic carbocycles. The number of aryl methyl sites for hydroxylation is 1. The number of hydrogen-bond acceptors (Lipinski definition) is 2. The van der Waals surface area contributed by atoms with Gasteiger partial charge in [0, 0.05) is 12.0 Å². The number of benzene rings is 2. The Bertz CT molecular complexity index is 1070. The second kappa shape index (κ2) is 8.80. The molecule has 3 rings (SSSR count). The zero-order chi connectivity index (χ0) is 23.7. The van der Waals surface area contributed by atoms with Crippen LogP contribution in [-0.4, -0.2) is 17.9 Å². The average Bonchev–Trinajstić information content (AvgIpc) is 3.12. The number of carbonyl (C=O) groups is 2. The lowest BCUT2D eigenvalue weighted by Gasteiger charge is -2.15. The summed E-state index contributed by atoms with van der Waals surface area (Å²) in [5.74, 6) is -1.11. The fraction of sp³-hybridized carbons (Fsp3) is 0.304. The lowest BCUT2D eigenvalue weighted by atomic mass is 9.97. The van der Waals surface area contributed by atoms with E-state index >= 15 is 0 Å². The third-order valence-electron chi connectivity index (χ3n) is 5.24. The monoisotopic (exact) mass is 455 g/mol. The van der Waals surface area contributed by atoms with E-state index in [1.54, 1.807) is 13.0 Å². The molecular weight excluding hydrogens is 436 g/mol. The fourth-order valence-electron chi connectivity index (χ4n) is 3.62. The molecule has 0 heterocycles. The van der Waals surface area contributed by atoms with Crippen LogP contribution in [0.3, 0.4) is 0 Å². The van der Waals surface area contributed by atoms with Gasteiger partial charge >= 0.3 is 12.4 Å². The van der Waals surface area contributed by atoms with Crippen molar-refractivity contribution < 1.29 is 35.9 Å². The average molecular weight is 455 g/mol. The molecule has 0 aromatic heterocycles. The second-order valence-corrected chi connectivity index (χ2v) is 7.42. The summed E-state index contributed by atoms with van der Waals surface area (Å²) in [6.07, 6.45) is -8.08. The lowest BCUT2D eigenvalue weighted by molar-refractivity contribution is -0.137. The molecule has 9 heteroatoms. The van der Waals surface area contributed by atoms with Crippen LogP contribution in [0, 0.1) is 0 Å². The van der Waals surface area contributed by atoms with Crippen molar-refractivity contribution in [1.29, 1.82) is 0 Å². The number of carbonyl (C=O) groups excluding carboxylic acids is 2. The van der Waals surface area contributed by atoms with Crippen molar-refractivity contribution in [3.63, 3.8) is 0 Å². The first-order valence-corrected chi connectivity index (χ1v) is 9.83. The van der Waals surface area contributed by atoms with Crippen molar-refractivity contribution >= 4 is 17.3 Å². The molecule has 1 unspecified atom stereocenters. The zero-order valence-electron chi connectivity index (χ0n) is 16.9. The van der Waals surface area contributed by atoms with Crippen LogP contribution < -0.4 is 5.32 Å². The Kier molecular flexibility index (Phi) is 6.48. The minimum Gasteiger partial charge on any atom is -0.349 e. The highest BCUT2D eigenvalue weighted by molar-refractivity contribution is 6.09. The molecule has 1 amide bonds. The lowest BCUT2D eigenvalue weighted by Crippen LogP contribution is -2.26. The molecule has 32 heavy (non-hydrogen) atoms. The van der Waals surface area contributed by atoms with Gasteiger partial charge in [-0.1, -0.05) is 31.2 Å². The smallest absolute Gasteiger partial charge is 0.349 e. The van der Waals surface area contributed by atoms with Gasteiger partial charge in [0.15, 0.2) is 5.78 Å². The van der Waals surface area contributed by atoms with Gasteiger partial charge in [0.2, 0.25) is 5.91 Å². The quantitative estimate of drug-likeness (QED) is 0.339. The van der Waals surface area contributed by atoms with Crippen LogP contribution in [0.4, 0.5) is 26.3 Å². The third kappa shape index (κ3) is 5.20. The summed E-state index contributed by atoms with van der Waals surface area (Å²) >= 11 is 0. The molecular formula is C23H19F6NO2. The standard InChI is InChI=1S/C23H19F6NO2/c1-2-21(32)30-19-9-7-13-10-15(6-8-17(13)19)20(31)12-18(23(27,28)29)14-4-3-5-16(11-14)22(24,25)26/h3-6,8,10-12,19H,2,7,9H2,1H3,(H,30,32). The summed E-state index contributed by atoms with van der Waals surface area (Å²) in [6, 6.07) is 6.95. The number of hydrogen-bond donors (Lipinski definition) is 1. The molecule has 2 aromatic carbocycles. The maximum absolute atomic E-state index is 13.6. The van der Waals surface area contributed by atoms with Gasteiger partial charge in [-0.2, -0.15) is 26.3 Å². The van der Waals surface area contributed by atoms with Crippen LogP contribution in [-0.2, 0) is 17.4 Å². The summed E-state index contributed by atoms with van der Waals surface area (Å²) in [5.41, 5.74) is -1.93. The van der Waals surface area contributed by atoms with Crippen LogP contribution in [0.1, 0.15) is 58.4 Å². The molecule has 0 saturated carbocycles. The van der Waals surface area contributed by atoms with Gasteiger partial charge < -0.3 is 5.32 Å². The van der Waals surface area contributed by atoms with Crippen molar-refractivity contribution in [1.82, 2.24) is 5.32 Å². The predicted octanol–water partition coefficient (Wildman–Crippen LogP) is 6.05. The summed E-state index contributed by atoms with van der Waals surface area (Å²) in [5, 5.41) is 2.85. The normalized spacial score (nSPS) is 16.6. The predicted molar refractivity (Wildman–Crippen MR) is 106 cm³/mol. The molecule has 1 N–H and O–H groups in total. The number of fused-ring (bicyclic) bond motifs is 1. The first-order chi connectivity index (χ1) is 14.9. The summed E-state index contributed by atoms with van der Waals surface area (Å²) < 4.78 is 79.5. The van der Waals surface area contributed by atoms with Crippen molar-refractivity contribution in [2.45, 2.75) is 44.6 Å². The maximum Gasteiger partial charge on any atom is 0.417 e. The van der Waals surface area contributed by atoms with Crippen LogP contribution in [0.15, 0.2) is 48.5 Å². The highest BCUT2D eigenvalue weighted by Crippen LogP contribution is 2.38. The van der Waals surface area contributed by atoms with Gasteiger partial charge in [-0.3, -0.25) is 9.59 Å². The van der Waals surface area contributed by atoms with Gasteiger partial charge in [0.25, 0.3) is 0 Å². The minimum atomic E-state index is -5.04. The van der Waals surface area contributed by atoms with E-state index < -0.39 is 34.8 Å². The van der Waals surface area contributed by atoms with E-state index in [2.05, 4.69) is 5.32 Å². The topological polar surface area (TPSA) is 46.2 Å². The van der Waals surface area contributed by atoms with Crippen LogP contribution in [0.5, 0.6) is 0 Å². The van der Waals surface area contributed by atoms with Crippen LogP contribution >= 0.6 is 0 Å². The van der Waals surface area contributed by atoms with Gasteiger partial charge in [-0.05, 0) is 53.8 Å². The fourth-order valence-corrected chi connectivity index (χ4v) is 3.62. The highest BCUT2D eigenvalue weighted by Gasteiger charge is 2.37. The van der Waals surface area contributed by atoms with Gasteiger partial charge in [-0.25, -0.2) is 0 Å². The Morgan fingerprint density at radius 2 is 1.75 bits per heavy atom. The number of nitrogens with one attached hydrogen (secondary N) is 1. The molecule has 1 atom stereocenters. The Morgan fingerprint density at radius 3 is 2.38 bits per heavy atom. The Labute approximate surface area is 180 Å². The molecule has 1 aliphatic rings. The summed E-state index contributed by atoms with van der Waals surface area (Å²) in [6.45, 7) is 1.71. The van der Waals surface area contributed by atoms with Crippen molar-refractivity contribution in [3.05, 3.63) is 76.4 Å². The number of ketones is 1. The van der Waals surface area contributed by atoms with Crippen molar-refractivity contribution in [2.75, 3.05) is 0 Å². The van der Waals surface area contributed by atoms with Crippen LogP contribution in [0.2, 0.25) is 0 Å². The molecule has 0 aliphatic heterocycles. The van der Waals surface area contributed by atoms with Crippen molar-refractivity contribution in [2.24, 2.45) is 0 Å². The Balaban J connectivity index is 1.94. The van der Waals surface area contributed by atoms with E-state index in [0.717, 1.165) is 23.3 Å². The number of halogens is 6. The maximum atomic E-state index is 13.6. The molecule has 0 spiro atoms. The highest BCUT2D eigenvalue weighted by atomic mass is 19.4. The second-order valence-electron chi connectivity index (χ2n) is 7.42. The van der Waals surface area contributed by atoms with E-state index in [4.69, 9.17) is 0 Å². The summed E-state index contributed by atoms with van der Waals surface area (Å²) in [4.78, 5) is 24.2. The number of alkyl halides is 6. The molecule has 3 nitrogen and oxygen atoms in total. The molecule has 2 aromatic rings. The minimum absolute atomic E-state index is 0.0139. The number of amides is 1. The van der Waals surface area contributed by atoms with Gasteiger partial charge in [0.1, 0.15) is 0 Å². The van der Waals surface area contributed by atoms with E-state index in [1.165, 1.54) is 12.1 Å². The third-order valence-corrected chi connectivity index (χ3v) is 5.24. The molecule has 0 saturated heterocycles. The van der Waals surface area contributed by atoms with E-state index in [9.17, 15) is 35.9 Å². The van der Waals surface area contributed by atoms with E-state index in [1.807, 2.05) is 0 Å². The Morgan fingerprint density at radius 1 is 1.03 bits per heavy atom. The first-order valence-electron chi connectivity index (χ1n) is 9.83. The first kappa shape index (κ1) is 23.6. The largest absolute Gasteiger partial charge is 0.417 e. The molecule has 0 radical (unpaired) electrons. The Hall–Kier alpha value is -3.10. The van der Waals surface area contributed by atoms with E-state index in [-0.39, 0.29) is 17.5 Å². The zero-order valence-corrected chi connectivity index (χ0v) is 16.9.